The minimum atomic E-state index is -1.20. The predicted molar refractivity (Wildman–Crippen MR) is 123 cm³/mol. The van der Waals surface area contributed by atoms with Crippen LogP contribution in [-0.4, -0.2) is 15.1 Å². The third kappa shape index (κ3) is 5.18. The lowest BCUT2D eigenvalue weighted by Gasteiger charge is -2.04. The van der Waals surface area contributed by atoms with Gasteiger partial charge in [0.15, 0.2) is 0 Å². The quantitative estimate of drug-likeness (QED) is 0.417. The van der Waals surface area contributed by atoms with Crippen LogP contribution in [0.2, 0.25) is 0 Å². The van der Waals surface area contributed by atoms with Gasteiger partial charge in [-0.1, -0.05) is 23.8 Å². The lowest BCUT2D eigenvalue weighted by atomic mass is 10.1. The maximum Gasteiger partial charge on any atom is 0.251 e. The summed E-state index contributed by atoms with van der Waals surface area (Å²) in [5.41, 5.74) is 3.14. The smallest absolute Gasteiger partial charge is 0.251 e. The van der Waals surface area contributed by atoms with E-state index in [2.05, 4.69) is 10.3 Å². The minimum absolute atomic E-state index is 0.127. The molecule has 0 saturated heterocycles. The van der Waals surface area contributed by atoms with Gasteiger partial charge in [0.2, 0.25) is 5.89 Å². The molecule has 0 fully saturated rings. The molecule has 5 nitrogen and oxygen atoms in total. The van der Waals surface area contributed by atoms with E-state index < -0.39 is 10.8 Å². The lowest BCUT2D eigenvalue weighted by Crippen LogP contribution is -2.22. The van der Waals surface area contributed by atoms with Crippen LogP contribution in [0.25, 0.3) is 11.5 Å². The van der Waals surface area contributed by atoms with Crippen LogP contribution in [0, 0.1) is 13.8 Å². The molecule has 1 N–H and O–H groups in total. The van der Waals surface area contributed by atoms with Crippen molar-refractivity contribution in [1.82, 2.24) is 10.3 Å². The highest BCUT2D eigenvalue weighted by atomic mass is 32.2. The highest BCUT2D eigenvalue weighted by molar-refractivity contribution is 7.84. The van der Waals surface area contributed by atoms with E-state index >= 15 is 0 Å². The topological polar surface area (TPSA) is 72.2 Å². The molecule has 158 valence electrons. The second kappa shape index (κ2) is 9.41. The molecule has 0 aliphatic rings. The molecule has 2 aromatic heterocycles. The minimum Gasteiger partial charge on any atom is -0.441 e. The monoisotopic (exact) mass is 450 g/mol. The van der Waals surface area contributed by atoms with Crippen LogP contribution in [0.5, 0.6) is 0 Å². The number of hydrogen-bond acceptors (Lipinski definition) is 5. The zero-order chi connectivity index (χ0) is 21.8. The molecule has 31 heavy (non-hydrogen) atoms. The number of carbonyl (C=O) groups excluding carboxylic acids is 1. The van der Waals surface area contributed by atoms with E-state index in [-0.39, 0.29) is 5.91 Å². The number of nitrogens with zero attached hydrogens (tertiary/aromatic N) is 1. The summed E-state index contributed by atoms with van der Waals surface area (Å²) in [7, 11) is -1.20. The number of oxazole rings is 1. The standard InChI is InChI=1S/C24H22N2O3S2/c1-16-5-11-21(12-6-16)31(28)15-22-17(2)29-24(26-22)19-9-7-18(8-10-19)23(27)25-14-20-4-3-13-30-20/h3-13H,14-15H2,1-2H3,(H,25,27)/t31-/m1/s1. The Morgan fingerprint density at radius 1 is 1.06 bits per heavy atom. The molecule has 4 rings (SSSR count). The second-order valence-corrected chi connectivity index (χ2v) is 9.65. The Kier molecular flexibility index (Phi) is 6.44. The van der Waals surface area contributed by atoms with Gasteiger partial charge in [-0.2, -0.15) is 0 Å². The number of hydrogen-bond donors (Lipinski definition) is 1. The fraction of sp³-hybridized carbons (Fsp3) is 0.167. The summed E-state index contributed by atoms with van der Waals surface area (Å²) in [6.45, 7) is 4.34. The van der Waals surface area contributed by atoms with Crippen molar-refractivity contribution in [3.05, 3.63) is 93.5 Å². The SMILES string of the molecule is Cc1ccc([S@](=O)Cc2nc(-c3ccc(C(=O)NCc4cccs4)cc3)oc2C)cc1. The summed E-state index contributed by atoms with van der Waals surface area (Å²) < 4.78 is 18.5. The van der Waals surface area contributed by atoms with Crippen molar-refractivity contribution >= 4 is 28.0 Å². The molecular formula is C24H22N2O3S2. The molecule has 1 amide bonds. The van der Waals surface area contributed by atoms with Crippen molar-refractivity contribution in [3.8, 4) is 11.5 Å². The van der Waals surface area contributed by atoms with Gasteiger partial charge in [-0.15, -0.1) is 11.3 Å². The van der Waals surface area contributed by atoms with Gasteiger partial charge in [0.1, 0.15) is 5.76 Å². The zero-order valence-electron chi connectivity index (χ0n) is 17.3. The predicted octanol–water partition coefficient (Wildman–Crippen LogP) is 5.26. The van der Waals surface area contributed by atoms with Crippen molar-refractivity contribution in [1.29, 1.82) is 0 Å². The number of thiophene rings is 1. The third-order valence-corrected chi connectivity index (χ3v) is 7.05. The van der Waals surface area contributed by atoms with Crippen molar-refractivity contribution in [2.75, 3.05) is 0 Å². The van der Waals surface area contributed by atoms with E-state index in [9.17, 15) is 9.00 Å². The fourth-order valence-corrected chi connectivity index (χ4v) is 4.80. The molecule has 0 unspecified atom stereocenters. The molecule has 2 aromatic carbocycles. The summed E-state index contributed by atoms with van der Waals surface area (Å²) in [5, 5.41) is 4.90. The first-order chi connectivity index (χ1) is 15.0. The summed E-state index contributed by atoms with van der Waals surface area (Å²) in [4.78, 5) is 18.8. The van der Waals surface area contributed by atoms with E-state index in [0.29, 0.717) is 35.2 Å². The molecule has 0 aliphatic carbocycles. The van der Waals surface area contributed by atoms with Gasteiger partial charge in [-0.05, 0) is 61.7 Å². The number of amides is 1. The third-order valence-electron chi connectivity index (χ3n) is 4.84. The first-order valence-electron chi connectivity index (χ1n) is 9.82. The lowest BCUT2D eigenvalue weighted by molar-refractivity contribution is 0.0951. The fourth-order valence-electron chi connectivity index (χ4n) is 3.03. The van der Waals surface area contributed by atoms with E-state index in [1.54, 1.807) is 23.5 Å². The second-order valence-electron chi connectivity index (χ2n) is 7.16. The van der Waals surface area contributed by atoms with Gasteiger partial charge in [0, 0.05) is 20.9 Å². The molecule has 0 radical (unpaired) electrons. The number of aromatic nitrogens is 1. The number of nitrogens with one attached hydrogen (secondary N) is 1. The van der Waals surface area contributed by atoms with Crippen LogP contribution in [0.3, 0.4) is 0 Å². The Labute approximate surface area is 187 Å². The maximum atomic E-state index is 12.7. The van der Waals surface area contributed by atoms with E-state index in [4.69, 9.17) is 4.42 Å². The van der Waals surface area contributed by atoms with Gasteiger partial charge in [0.05, 0.1) is 28.8 Å². The van der Waals surface area contributed by atoms with Crippen molar-refractivity contribution in [2.45, 2.75) is 31.0 Å². The molecule has 0 aliphatic heterocycles. The van der Waals surface area contributed by atoms with Crippen molar-refractivity contribution in [2.24, 2.45) is 0 Å². The van der Waals surface area contributed by atoms with Gasteiger partial charge in [-0.25, -0.2) is 4.98 Å². The van der Waals surface area contributed by atoms with Crippen LogP contribution in [0.15, 0.2) is 75.4 Å². The molecule has 0 spiro atoms. The van der Waals surface area contributed by atoms with Crippen LogP contribution < -0.4 is 5.32 Å². The highest BCUT2D eigenvalue weighted by Crippen LogP contribution is 2.24. The Balaban J connectivity index is 1.43. The number of rotatable bonds is 7. The molecule has 7 heteroatoms. The molecule has 1 atom stereocenters. The Morgan fingerprint density at radius 2 is 1.81 bits per heavy atom. The first kappa shape index (κ1) is 21.2. The molecule has 0 bridgehead atoms. The molecule has 2 heterocycles. The number of aryl methyl sites for hydroxylation is 2. The molecule has 4 aromatic rings. The van der Waals surface area contributed by atoms with Gasteiger partial charge < -0.3 is 9.73 Å². The van der Waals surface area contributed by atoms with Crippen molar-refractivity contribution in [3.63, 3.8) is 0 Å². The van der Waals surface area contributed by atoms with Gasteiger partial charge in [-0.3, -0.25) is 9.00 Å². The van der Waals surface area contributed by atoms with Crippen molar-refractivity contribution < 1.29 is 13.4 Å². The Hall–Kier alpha value is -3.03. The number of carbonyl (C=O) groups is 1. The largest absolute Gasteiger partial charge is 0.441 e. The van der Waals surface area contributed by atoms with Crippen LogP contribution in [0.1, 0.15) is 32.3 Å². The maximum absolute atomic E-state index is 12.7. The molecular weight excluding hydrogens is 428 g/mol. The van der Waals surface area contributed by atoms with Gasteiger partial charge >= 0.3 is 0 Å². The Bertz CT molecular complexity index is 1190. The average molecular weight is 451 g/mol. The van der Waals surface area contributed by atoms with Crippen LogP contribution >= 0.6 is 11.3 Å². The first-order valence-corrected chi connectivity index (χ1v) is 12.0. The highest BCUT2D eigenvalue weighted by Gasteiger charge is 2.16. The van der Waals surface area contributed by atoms with E-state index in [0.717, 1.165) is 20.9 Å². The summed E-state index contributed by atoms with van der Waals surface area (Å²) >= 11 is 1.61. The van der Waals surface area contributed by atoms with Crippen LogP contribution in [-0.2, 0) is 23.1 Å². The zero-order valence-corrected chi connectivity index (χ0v) is 18.9. The molecule has 0 saturated carbocycles. The summed E-state index contributed by atoms with van der Waals surface area (Å²) in [5.74, 6) is 1.27. The van der Waals surface area contributed by atoms with Crippen LogP contribution in [0.4, 0.5) is 0 Å². The van der Waals surface area contributed by atoms with E-state index in [1.807, 2.05) is 67.8 Å². The average Bonchev–Trinajstić information content (AvgIpc) is 3.42. The number of benzene rings is 2. The Morgan fingerprint density at radius 3 is 2.48 bits per heavy atom. The van der Waals surface area contributed by atoms with E-state index in [1.165, 1.54) is 0 Å². The van der Waals surface area contributed by atoms with Gasteiger partial charge in [0.25, 0.3) is 5.91 Å². The summed E-state index contributed by atoms with van der Waals surface area (Å²) in [6.07, 6.45) is 0. The normalized spacial score (nSPS) is 11.9. The summed E-state index contributed by atoms with van der Waals surface area (Å²) in [6, 6.07) is 18.7.